The van der Waals surface area contributed by atoms with Crippen LogP contribution in [0.3, 0.4) is 0 Å². The molecule has 0 spiro atoms. The van der Waals surface area contributed by atoms with Crippen molar-refractivity contribution < 1.29 is 19.4 Å². The summed E-state index contributed by atoms with van der Waals surface area (Å²) in [4.78, 5) is 23.3. The van der Waals surface area contributed by atoms with Gasteiger partial charge in [0.1, 0.15) is 6.54 Å². The summed E-state index contributed by atoms with van der Waals surface area (Å²) in [6, 6.07) is 1.81. The highest BCUT2D eigenvalue weighted by atomic mass is 16.5. The van der Waals surface area contributed by atoms with E-state index < -0.39 is 11.9 Å². The molecule has 7 heteroatoms. The van der Waals surface area contributed by atoms with Crippen molar-refractivity contribution in [2.75, 3.05) is 19.8 Å². The Morgan fingerprint density at radius 1 is 1.52 bits per heavy atom. The lowest BCUT2D eigenvalue weighted by atomic mass is 9.86. The lowest BCUT2D eigenvalue weighted by molar-refractivity contribution is -0.145. The number of amides is 1. The van der Waals surface area contributed by atoms with Crippen LogP contribution in [0.25, 0.3) is 0 Å². The number of aliphatic carboxylic acids is 1. The van der Waals surface area contributed by atoms with Crippen LogP contribution in [0, 0.1) is 18.8 Å². The van der Waals surface area contributed by atoms with E-state index in [4.69, 9.17) is 4.74 Å². The summed E-state index contributed by atoms with van der Waals surface area (Å²) in [5, 5.41) is 16.1. The smallest absolute Gasteiger partial charge is 0.308 e. The number of rotatable bonds is 6. The molecular weight excluding hydrogens is 274 g/mol. The van der Waals surface area contributed by atoms with Crippen molar-refractivity contribution in [2.24, 2.45) is 11.8 Å². The molecule has 1 aromatic heterocycles. The molecule has 1 amide bonds. The summed E-state index contributed by atoms with van der Waals surface area (Å²) in [5.41, 5.74) is 0.893. The highest BCUT2D eigenvalue weighted by molar-refractivity contribution is 5.77. The van der Waals surface area contributed by atoms with E-state index in [1.165, 1.54) is 0 Å². The van der Waals surface area contributed by atoms with Gasteiger partial charge in [0, 0.05) is 31.6 Å². The van der Waals surface area contributed by atoms with Crippen molar-refractivity contribution in [2.45, 2.75) is 26.3 Å². The Morgan fingerprint density at radius 2 is 2.24 bits per heavy atom. The summed E-state index contributed by atoms with van der Waals surface area (Å²) < 4.78 is 6.83. The Balaban J connectivity index is 1.85. The Hall–Kier alpha value is -1.89. The maximum absolute atomic E-state index is 11.9. The van der Waals surface area contributed by atoms with Crippen LogP contribution >= 0.6 is 0 Å². The summed E-state index contributed by atoms with van der Waals surface area (Å²) in [5.74, 6) is -1.59. The van der Waals surface area contributed by atoms with Crippen molar-refractivity contribution in [3.05, 3.63) is 18.0 Å². The standard InChI is InChI=1S/C14H21N3O4/c1-10-2-5-16-17(10)9-13(18)15-8-12(14(19)20)11-3-6-21-7-4-11/h2,5,11-12H,3-4,6-9H2,1H3,(H,15,18)(H,19,20). The van der Waals surface area contributed by atoms with Gasteiger partial charge in [0.25, 0.3) is 0 Å². The number of aromatic nitrogens is 2. The predicted molar refractivity (Wildman–Crippen MR) is 74.6 cm³/mol. The summed E-state index contributed by atoms with van der Waals surface area (Å²) in [7, 11) is 0. The molecule has 1 unspecified atom stereocenters. The molecule has 21 heavy (non-hydrogen) atoms. The first-order valence-corrected chi connectivity index (χ1v) is 7.13. The minimum Gasteiger partial charge on any atom is -0.481 e. The van der Waals surface area contributed by atoms with E-state index in [0.29, 0.717) is 13.2 Å². The number of ether oxygens (including phenoxy) is 1. The van der Waals surface area contributed by atoms with Crippen LogP contribution in [0.1, 0.15) is 18.5 Å². The lowest BCUT2D eigenvalue weighted by Gasteiger charge is -2.27. The van der Waals surface area contributed by atoms with E-state index in [1.54, 1.807) is 10.9 Å². The van der Waals surface area contributed by atoms with Crippen LogP contribution in [-0.2, 0) is 20.9 Å². The molecule has 2 rings (SSSR count). The minimum absolute atomic E-state index is 0.0583. The van der Waals surface area contributed by atoms with E-state index in [0.717, 1.165) is 18.5 Å². The number of carboxylic acids is 1. The van der Waals surface area contributed by atoms with Crippen molar-refractivity contribution in [3.63, 3.8) is 0 Å². The van der Waals surface area contributed by atoms with Crippen LogP contribution in [0.2, 0.25) is 0 Å². The third kappa shape index (κ3) is 4.29. The minimum atomic E-state index is -0.863. The van der Waals surface area contributed by atoms with Crippen LogP contribution in [0.15, 0.2) is 12.3 Å². The van der Waals surface area contributed by atoms with Gasteiger partial charge < -0.3 is 15.2 Å². The molecule has 2 heterocycles. The molecule has 116 valence electrons. The molecule has 0 bridgehead atoms. The van der Waals surface area contributed by atoms with Gasteiger partial charge in [-0.3, -0.25) is 14.3 Å². The van der Waals surface area contributed by atoms with Gasteiger partial charge in [0.15, 0.2) is 0 Å². The molecule has 7 nitrogen and oxygen atoms in total. The number of carbonyl (C=O) groups excluding carboxylic acids is 1. The number of hydrogen-bond acceptors (Lipinski definition) is 4. The number of aryl methyl sites for hydroxylation is 1. The third-order valence-electron chi connectivity index (χ3n) is 3.89. The van der Waals surface area contributed by atoms with E-state index in [-0.39, 0.29) is 24.9 Å². The van der Waals surface area contributed by atoms with Crippen molar-refractivity contribution in [3.8, 4) is 0 Å². The highest BCUT2D eigenvalue weighted by Crippen LogP contribution is 2.23. The molecule has 0 aliphatic carbocycles. The van der Waals surface area contributed by atoms with E-state index in [1.807, 2.05) is 13.0 Å². The van der Waals surface area contributed by atoms with Gasteiger partial charge in [-0.1, -0.05) is 0 Å². The van der Waals surface area contributed by atoms with Gasteiger partial charge in [-0.05, 0) is 31.7 Å². The van der Waals surface area contributed by atoms with Gasteiger partial charge in [-0.15, -0.1) is 0 Å². The first-order valence-electron chi connectivity index (χ1n) is 7.13. The first kappa shape index (κ1) is 15.5. The molecule has 1 aliphatic heterocycles. The zero-order valence-electron chi connectivity index (χ0n) is 12.1. The summed E-state index contributed by atoms with van der Waals surface area (Å²) >= 11 is 0. The van der Waals surface area contributed by atoms with Gasteiger partial charge in [0.2, 0.25) is 5.91 Å². The van der Waals surface area contributed by atoms with Crippen LogP contribution < -0.4 is 5.32 Å². The second kappa shape index (κ2) is 7.21. The molecular formula is C14H21N3O4. The molecule has 1 saturated heterocycles. The number of nitrogens with zero attached hydrogens (tertiary/aromatic N) is 2. The number of carboxylic acid groups (broad SMARTS) is 1. The van der Waals surface area contributed by atoms with Gasteiger partial charge >= 0.3 is 5.97 Å². The van der Waals surface area contributed by atoms with E-state index in [2.05, 4.69) is 10.4 Å². The summed E-state index contributed by atoms with van der Waals surface area (Å²) in [6.07, 6.45) is 3.08. The normalized spacial score (nSPS) is 17.4. The largest absolute Gasteiger partial charge is 0.481 e. The Kier molecular flexibility index (Phi) is 5.32. The topological polar surface area (TPSA) is 93.5 Å². The fourth-order valence-electron chi connectivity index (χ4n) is 2.55. The molecule has 2 N–H and O–H groups in total. The SMILES string of the molecule is Cc1ccnn1CC(=O)NCC(C(=O)O)C1CCOCC1. The Labute approximate surface area is 123 Å². The Bertz CT molecular complexity index is 494. The molecule has 1 fully saturated rings. The second-order valence-electron chi connectivity index (χ2n) is 5.33. The molecule has 0 saturated carbocycles. The Morgan fingerprint density at radius 3 is 2.81 bits per heavy atom. The number of hydrogen-bond donors (Lipinski definition) is 2. The fraction of sp³-hybridized carbons (Fsp3) is 0.643. The molecule has 1 aliphatic rings. The van der Waals surface area contributed by atoms with Crippen LogP contribution in [-0.4, -0.2) is 46.5 Å². The maximum Gasteiger partial charge on any atom is 0.308 e. The maximum atomic E-state index is 11.9. The average Bonchev–Trinajstić information content (AvgIpc) is 2.85. The van der Waals surface area contributed by atoms with Gasteiger partial charge in [0.05, 0.1) is 5.92 Å². The molecule has 1 atom stereocenters. The van der Waals surface area contributed by atoms with Crippen LogP contribution in [0.5, 0.6) is 0 Å². The van der Waals surface area contributed by atoms with Crippen LogP contribution in [0.4, 0.5) is 0 Å². The van der Waals surface area contributed by atoms with Crippen molar-refractivity contribution in [1.82, 2.24) is 15.1 Å². The monoisotopic (exact) mass is 295 g/mol. The molecule has 1 aromatic rings. The van der Waals surface area contributed by atoms with E-state index in [9.17, 15) is 14.7 Å². The quantitative estimate of drug-likeness (QED) is 0.794. The molecule has 0 radical (unpaired) electrons. The number of carbonyl (C=O) groups is 2. The van der Waals surface area contributed by atoms with Gasteiger partial charge in [-0.2, -0.15) is 5.10 Å². The predicted octanol–water partition coefficient (Wildman–Crippen LogP) is 0.435. The van der Waals surface area contributed by atoms with Crippen molar-refractivity contribution >= 4 is 11.9 Å². The highest BCUT2D eigenvalue weighted by Gasteiger charge is 2.29. The van der Waals surface area contributed by atoms with Gasteiger partial charge in [-0.25, -0.2) is 0 Å². The summed E-state index contributed by atoms with van der Waals surface area (Å²) in [6.45, 7) is 3.31. The first-order chi connectivity index (χ1) is 10.1. The third-order valence-corrected chi connectivity index (χ3v) is 3.89. The molecule has 0 aromatic carbocycles. The average molecular weight is 295 g/mol. The zero-order chi connectivity index (χ0) is 15.2. The van der Waals surface area contributed by atoms with Crippen molar-refractivity contribution in [1.29, 1.82) is 0 Å². The van der Waals surface area contributed by atoms with E-state index >= 15 is 0 Å². The number of nitrogens with one attached hydrogen (secondary N) is 1. The zero-order valence-corrected chi connectivity index (χ0v) is 12.1. The lowest BCUT2D eigenvalue weighted by Crippen LogP contribution is -2.40. The second-order valence-corrected chi connectivity index (χ2v) is 5.33. The fourth-order valence-corrected chi connectivity index (χ4v) is 2.55.